The van der Waals surface area contributed by atoms with Crippen molar-refractivity contribution in [2.75, 3.05) is 39.3 Å². The fraction of sp³-hybridized carbons (Fsp3) is 0.526. The lowest BCUT2D eigenvalue weighted by Gasteiger charge is -2.34. The topological polar surface area (TPSA) is 74.5 Å². The van der Waals surface area contributed by atoms with Gasteiger partial charge in [0.05, 0.1) is 0 Å². The van der Waals surface area contributed by atoms with E-state index >= 15 is 0 Å². The average Bonchev–Trinajstić information content (AvgIpc) is 3.15. The van der Waals surface area contributed by atoms with Crippen molar-refractivity contribution >= 4 is 6.03 Å². The van der Waals surface area contributed by atoms with Gasteiger partial charge in [0.2, 0.25) is 11.7 Å². The SMILES string of the molecule is Cc1ccc(-c2noc(CCCN3CCN(C(=O)NCC(F)(F)F)CC3)n2)cc1. The third-order valence-corrected chi connectivity index (χ3v) is 4.74. The van der Waals surface area contributed by atoms with Gasteiger partial charge in [-0.2, -0.15) is 18.2 Å². The average molecular weight is 411 g/mol. The van der Waals surface area contributed by atoms with E-state index in [1.807, 2.05) is 36.5 Å². The molecule has 2 heterocycles. The van der Waals surface area contributed by atoms with Crippen molar-refractivity contribution in [2.45, 2.75) is 25.9 Å². The smallest absolute Gasteiger partial charge is 0.339 e. The van der Waals surface area contributed by atoms with Crippen LogP contribution in [0.3, 0.4) is 0 Å². The molecule has 0 radical (unpaired) electrons. The Kier molecular flexibility index (Phi) is 6.73. The van der Waals surface area contributed by atoms with E-state index in [4.69, 9.17) is 4.52 Å². The summed E-state index contributed by atoms with van der Waals surface area (Å²) >= 11 is 0. The Labute approximate surface area is 166 Å². The maximum Gasteiger partial charge on any atom is 0.405 e. The highest BCUT2D eigenvalue weighted by Crippen LogP contribution is 2.17. The fourth-order valence-corrected chi connectivity index (χ4v) is 3.09. The Bertz CT molecular complexity index is 799. The van der Waals surface area contributed by atoms with Crippen molar-refractivity contribution in [1.82, 2.24) is 25.3 Å². The molecule has 2 amide bonds. The van der Waals surface area contributed by atoms with Crippen molar-refractivity contribution in [1.29, 1.82) is 0 Å². The fourth-order valence-electron chi connectivity index (χ4n) is 3.09. The number of urea groups is 1. The molecule has 3 rings (SSSR count). The summed E-state index contributed by atoms with van der Waals surface area (Å²) in [6.07, 6.45) is -2.94. The van der Waals surface area contributed by atoms with Crippen LogP contribution in [0.5, 0.6) is 0 Å². The third-order valence-electron chi connectivity index (χ3n) is 4.74. The van der Waals surface area contributed by atoms with E-state index in [2.05, 4.69) is 15.0 Å². The number of amides is 2. The molecule has 0 spiro atoms. The zero-order valence-corrected chi connectivity index (χ0v) is 16.2. The molecule has 1 aromatic heterocycles. The van der Waals surface area contributed by atoms with E-state index in [1.54, 1.807) is 0 Å². The first kappa shape index (κ1) is 21.1. The van der Waals surface area contributed by atoms with E-state index in [0.29, 0.717) is 44.3 Å². The zero-order chi connectivity index (χ0) is 20.9. The standard InChI is InChI=1S/C19H24F3N5O2/c1-14-4-6-15(7-5-14)17-24-16(29-25-17)3-2-8-26-9-11-27(12-10-26)18(28)23-13-19(20,21)22/h4-7H,2-3,8-13H2,1H3,(H,23,28). The van der Waals surface area contributed by atoms with E-state index in [0.717, 1.165) is 24.1 Å². The zero-order valence-electron chi connectivity index (χ0n) is 16.2. The molecule has 1 N–H and O–H groups in total. The number of piperazine rings is 1. The van der Waals surface area contributed by atoms with E-state index in [1.165, 1.54) is 4.90 Å². The van der Waals surface area contributed by atoms with E-state index < -0.39 is 18.8 Å². The highest BCUT2D eigenvalue weighted by atomic mass is 19.4. The molecule has 0 unspecified atom stereocenters. The van der Waals surface area contributed by atoms with Crippen LogP contribution in [0.15, 0.2) is 28.8 Å². The van der Waals surface area contributed by atoms with Crippen LogP contribution >= 0.6 is 0 Å². The minimum atomic E-state index is -4.40. The lowest BCUT2D eigenvalue weighted by Crippen LogP contribution is -2.53. The highest BCUT2D eigenvalue weighted by Gasteiger charge is 2.29. The molecule has 1 aromatic carbocycles. The summed E-state index contributed by atoms with van der Waals surface area (Å²) in [5, 5.41) is 5.92. The molecule has 7 nitrogen and oxygen atoms in total. The third kappa shape index (κ3) is 6.45. The van der Waals surface area contributed by atoms with Gasteiger partial charge in [-0.25, -0.2) is 4.79 Å². The molecule has 0 bridgehead atoms. The summed E-state index contributed by atoms with van der Waals surface area (Å²) in [5.41, 5.74) is 2.07. The molecule has 2 aromatic rings. The summed E-state index contributed by atoms with van der Waals surface area (Å²) in [4.78, 5) is 19.8. The summed E-state index contributed by atoms with van der Waals surface area (Å²) < 4.78 is 41.8. The van der Waals surface area contributed by atoms with Gasteiger partial charge in [0.1, 0.15) is 6.54 Å². The summed E-state index contributed by atoms with van der Waals surface area (Å²) in [7, 11) is 0. The quantitative estimate of drug-likeness (QED) is 0.791. The van der Waals surface area contributed by atoms with Gasteiger partial charge >= 0.3 is 12.2 Å². The first-order valence-corrected chi connectivity index (χ1v) is 9.52. The molecular weight excluding hydrogens is 387 g/mol. The number of nitrogens with zero attached hydrogens (tertiary/aromatic N) is 4. The molecule has 1 fully saturated rings. The Hall–Kier alpha value is -2.62. The Morgan fingerprint density at radius 1 is 1.17 bits per heavy atom. The minimum Gasteiger partial charge on any atom is -0.339 e. The number of benzene rings is 1. The Balaban J connectivity index is 1.37. The molecule has 1 aliphatic rings. The van der Waals surface area contributed by atoms with Gasteiger partial charge in [0.15, 0.2) is 0 Å². The molecule has 0 saturated carbocycles. The van der Waals surface area contributed by atoms with Crippen molar-refractivity contribution in [3.05, 3.63) is 35.7 Å². The lowest BCUT2D eigenvalue weighted by atomic mass is 10.1. The summed E-state index contributed by atoms with van der Waals surface area (Å²) in [6, 6.07) is 7.22. The largest absolute Gasteiger partial charge is 0.405 e. The first-order valence-electron chi connectivity index (χ1n) is 9.52. The molecule has 1 aliphatic heterocycles. The second-order valence-corrected chi connectivity index (χ2v) is 7.08. The summed E-state index contributed by atoms with van der Waals surface area (Å²) in [6.45, 7) is 3.56. The van der Waals surface area contributed by atoms with Gasteiger partial charge in [-0.1, -0.05) is 35.0 Å². The molecule has 1 saturated heterocycles. The second kappa shape index (κ2) is 9.25. The van der Waals surface area contributed by atoms with Gasteiger partial charge in [-0.15, -0.1) is 0 Å². The van der Waals surface area contributed by atoms with Gasteiger partial charge in [-0.05, 0) is 19.9 Å². The van der Waals surface area contributed by atoms with Crippen LogP contribution in [0.1, 0.15) is 17.9 Å². The molecule has 158 valence electrons. The molecule has 0 atom stereocenters. The normalized spacial score (nSPS) is 15.5. The van der Waals surface area contributed by atoms with Crippen molar-refractivity contribution in [3.63, 3.8) is 0 Å². The number of halogens is 3. The molecule has 10 heteroatoms. The van der Waals surface area contributed by atoms with Crippen LogP contribution in [0.25, 0.3) is 11.4 Å². The molecule has 29 heavy (non-hydrogen) atoms. The lowest BCUT2D eigenvalue weighted by molar-refractivity contribution is -0.123. The predicted octanol–water partition coefficient (Wildman–Crippen LogP) is 2.87. The number of alkyl halides is 3. The molecule has 0 aliphatic carbocycles. The Morgan fingerprint density at radius 3 is 2.52 bits per heavy atom. The number of nitrogens with one attached hydrogen (secondary N) is 1. The van der Waals surface area contributed by atoms with Gasteiger partial charge in [-0.3, -0.25) is 4.90 Å². The number of carbonyl (C=O) groups excluding carboxylic acids is 1. The maximum atomic E-state index is 12.2. The van der Waals surface area contributed by atoms with Crippen LogP contribution in [-0.4, -0.2) is 71.4 Å². The van der Waals surface area contributed by atoms with Gasteiger partial charge in [0, 0.05) is 38.2 Å². The van der Waals surface area contributed by atoms with Gasteiger partial charge < -0.3 is 14.7 Å². The number of rotatable bonds is 6. The van der Waals surface area contributed by atoms with Crippen LogP contribution in [0.4, 0.5) is 18.0 Å². The monoisotopic (exact) mass is 411 g/mol. The minimum absolute atomic E-state index is 0.405. The number of carbonyl (C=O) groups is 1. The number of aromatic nitrogens is 2. The molecular formula is C19H24F3N5O2. The highest BCUT2D eigenvalue weighted by molar-refractivity contribution is 5.74. The van der Waals surface area contributed by atoms with E-state index in [9.17, 15) is 18.0 Å². The number of hydrogen-bond donors (Lipinski definition) is 1. The first-order chi connectivity index (χ1) is 13.8. The van der Waals surface area contributed by atoms with E-state index in [-0.39, 0.29) is 0 Å². The van der Waals surface area contributed by atoms with Crippen LogP contribution in [0, 0.1) is 6.92 Å². The predicted molar refractivity (Wildman–Crippen MR) is 100 cm³/mol. The van der Waals surface area contributed by atoms with Crippen LogP contribution in [-0.2, 0) is 6.42 Å². The van der Waals surface area contributed by atoms with Crippen molar-refractivity contribution < 1.29 is 22.5 Å². The number of aryl methyl sites for hydroxylation is 2. The van der Waals surface area contributed by atoms with Crippen molar-refractivity contribution in [3.8, 4) is 11.4 Å². The second-order valence-electron chi connectivity index (χ2n) is 7.08. The van der Waals surface area contributed by atoms with Crippen LogP contribution in [0.2, 0.25) is 0 Å². The summed E-state index contributed by atoms with van der Waals surface area (Å²) in [5.74, 6) is 1.14. The van der Waals surface area contributed by atoms with Gasteiger partial charge in [0.25, 0.3) is 0 Å². The Morgan fingerprint density at radius 2 is 1.86 bits per heavy atom. The van der Waals surface area contributed by atoms with Crippen LogP contribution < -0.4 is 5.32 Å². The number of hydrogen-bond acceptors (Lipinski definition) is 5. The maximum absolute atomic E-state index is 12.2. The van der Waals surface area contributed by atoms with Crippen molar-refractivity contribution in [2.24, 2.45) is 0 Å².